The maximum Gasteiger partial charge on any atom is 0.293 e. The van der Waals surface area contributed by atoms with Crippen LogP contribution in [0.4, 0.5) is 47.9 Å². The Morgan fingerprint density at radius 3 is 2.40 bits per heavy atom. The van der Waals surface area contributed by atoms with Crippen molar-refractivity contribution in [2.75, 3.05) is 15.9 Å². The van der Waals surface area contributed by atoms with Crippen LogP contribution in [-0.4, -0.2) is 67.1 Å². The summed E-state index contributed by atoms with van der Waals surface area (Å²) in [6, 6.07) is 8.29. The first-order chi connectivity index (χ1) is 29.3. The third kappa shape index (κ3) is 7.17. The van der Waals surface area contributed by atoms with Crippen molar-refractivity contribution in [1.82, 2.24) is 34.8 Å². The third-order valence-corrected chi connectivity index (χ3v) is 11.7. The summed E-state index contributed by atoms with van der Waals surface area (Å²) in [5.41, 5.74) is -1.31. The number of rotatable bonds is 11. The van der Waals surface area contributed by atoms with Crippen molar-refractivity contribution in [3.63, 3.8) is 0 Å². The van der Waals surface area contributed by atoms with E-state index in [0.717, 1.165) is 30.8 Å². The van der Waals surface area contributed by atoms with Crippen molar-refractivity contribution >= 4 is 61.5 Å². The minimum absolute atomic E-state index is 0.0151. The van der Waals surface area contributed by atoms with E-state index < -0.39 is 94.2 Å². The summed E-state index contributed by atoms with van der Waals surface area (Å²) in [6.07, 6.45) is -2.66. The van der Waals surface area contributed by atoms with Gasteiger partial charge in [-0.15, -0.1) is 0 Å². The van der Waals surface area contributed by atoms with E-state index in [4.69, 9.17) is 16.6 Å². The van der Waals surface area contributed by atoms with Gasteiger partial charge < -0.3 is 10.4 Å². The summed E-state index contributed by atoms with van der Waals surface area (Å²) in [4.78, 5) is 28.2. The van der Waals surface area contributed by atoms with Crippen LogP contribution in [0, 0.1) is 23.4 Å². The molecule has 2 aliphatic carbocycles. The SMILES string of the molecule is Cn1nc(NS(C)(=O)=O)c2c(Cl)ccc(N3C([C@H](Cc4cc(F)cc(F)c4)NC(=O)Cn4nc(C(F)F)c5c4C(F)(F)[C@@H]4C[C@H]54)=Nc4cc(-c5ncc(F)cn5)ccc4C3O)c21. The summed E-state index contributed by atoms with van der Waals surface area (Å²) in [5, 5.41) is 23.2. The van der Waals surface area contributed by atoms with Crippen LogP contribution < -0.4 is 14.9 Å². The molecule has 3 aliphatic rings. The number of anilines is 2. The van der Waals surface area contributed by atoms with Crippen molar-refractivity contribution in [1.29, 1.82) is 0 Å². The number of sulfonamides is 1. The zero-order chi connectivity index (χ0) is 44.2. The van der Waals surface area contributed by atoms with Gasteiger partial charge in [0.25, 0.3) is 12.3 Å². The van der Waals surface area contributed by atoms with E-state index >= 15 is 8.78 Å². The van der Waals surface area contributed by atoms with Crippen LogP contribution in [0.15, 0.2) is 65.9 Å². The van der Waals surface area contributed by atoms with Crippen molar-refractivity contribution in [3.05, 3.63) is 111 Å². The van der Waals surface area contributed by atoms with E-state index in [0.29, 0.717) is 16.3 Å². The van der Waals surface area contributed by atoms with Gasteiger partial charge in [0.15, 0.2) is 23.7 Å². The summed E-state index contributed by atoms with van der Waals surface area (Å²) >= 11 is 6.62. The molecule has 4 heterocycles. The molecule has 14 nitrogen and oxygen atoms in total. The largest absolute Gasteiger partial charge is 0.369 e. The maximum atomic E-state index is 15.5. The van der Waals surface area contributed by atoms with Gasteiger partial charge in [-0.3, -0.25) is 23.8 Å². The molecule has 9 rings (SSSR count). The molecule has 0 bridgehead atoms. The fourth-order valence-corrected chi connectivity index (χ4v) is 9.06. The van der Waals surface area contributed by atoms with E-state index in [1.165, 1.54) is 47.0 Å². The lowest BCUT2D eigenvalue weighted by molar-refractivity contribution is -0.122. The molecule has 1 amide bonds. The van der Waals surface area contributed by atoms with Crippen LogP contribution in [0.5, 0.6) is 0 Å². The molecule has 3 aromatic heterocycles. The molecule has 3 N–H and O–H groups in total. The van der Waals surface area contributed by atoms with Crippen LogP contribution in [0.3, 0.4) is 0 Å². The van der Waals surface area contributed by atoms with Crippen LogP contribution in [-0.2, 0) is 40.8 Å². The molecule has 322 valence electrons. The number of alkyl halides is 4. The highest BCUT2D eigenvalue weighted by Crippen LogP contribution is 2.68. The Hall–Kier alpha value is -6.13. The Bertz CT molecular complexity index is 2960. The Morgan fingerprint density at radius 2 is 1.73 bits per heavy atom. The molecule has 3 aromatic carbocycles. The first-order valence-corrected chi connectivity index (χ1v) is 20.9. The van der Waals surface area contributed by atoms with E-state index in [1.54, 1.807) is 0 Å². The van der Waals surface area contributed by atoms with Crippen molar-refractivity contribution < 1.29 is 49.1 Å². The molecule has 6 aromatic rings. The monoisotopic (exact) mass is 902 g/mol. The lowest BCUT2D eigenvalue weighted by Gasteiger charge is -2.39. The topological polar surface area (TPSA) is 173 Å². The van der Waals surface area contributed by atoms with Gasteiger partial charge in [-0.25, -0.2) is 45.3 Å². The van der Waals surface area contributed by atoms with Gasteiger partial charge in [-0.2, -0.15) is 19.0 Å². The molecule has 23 heteroatoms. The predicted molar refractivity (Wildman–Crippen MR) is 210 cm³/mol. The number of amidine groups is 1. The molecule has 1 unspecified atom stereocenters. The van der Waals surface area contributed by atoms with Crippen molar-refractivity contribution in [3.8, 4) is 11.4 Å². The van der Waals surface area contributed by atoms with Gasteiger partial charge in [0.2, 0.25) is 15.9 Å². The number of aliphatic hydroxyl groups is 1. The number of nitrogens with zero attached hydrogens (tertiary/aromatic N) is 8. The summed E-state index contributed by atoms with van der Waals surface area (Å²) in [6.45, 7) is -0.996. The number of carbonyl (C=O) groups is 1. The molecular formula is C39H30ClF7N10O4S. The lowest BCUT2D eigenvalue weighted by atomic mass is 9.98. The van der Waals surface area contributed by atoms with Gasteiger partial charge in [-0.1, -0.05) is 23.7 Å². The quantitative estimate of drug-likeness (QED) is 0.119. The van der Waals surface area contributed by atoms with E-state index in [2.05, 4.69) is 30.2 Å². The Labute approximate surface area is 351 Å². The molecule has 1 aliphatic heterocycles. The standard InChI is InChI=1S/C39H30ClF7N10O4S/c1-55-32-27(6-5-24(40)30(32)36(53-55)54-62(2,60)61)57-37(51-25-10-17(3-4-21(25)38(57)59)35-48-13-20(43)14-49-35)26(9-16-7-18(41)11-19(42)8-16)50-28(58)15-56-33-29(31(52-56)34(44)45)22-12-23(22)39(33,46)47/h3-8,10-11,13-14,22-23,26,34,38,59H,9,12,15H2,1-2H3,(H,50,58)(H,53,54)/t22-,23+,26-,38?/m0/s1. The van der Waals surface area contributed by atoms with Gasteiger partial charge in [0.1, 0.15) is 35.4 Å². The second-order valence-corrected chi connectivity index (χ2v) is 17.3. The lowest BCUT2D eigenvalue weighted by Crippen LogP contribution is -2.53. The first-order valence-electron chi connectivity index (χ1n) is 18.6. The van der Waals surface area contributed by atoms with E-state index in [-0.39, 0.29) is 67.9 Å². The fourth-order valence-electron chi connectivity index (χ4n) is 8.33. The Balaban J connectivity index is 1.21. The third-order valence-electron chi connectivity index (χ3n) is 10.8. The number of aryl methyl sites for hydroxylation is 1. The molecular weight excluding hydrogens is 873 g/mol. The summed E-state index contributed by atoms with van der Waals surface area (Å²) in [7, 11) is -2.46. The summed E-state index contributed by atoms with van der Waals surface area (Å²) < 4.78 is 131. The summed E-state index contributed by atoms with van der Waals surface area (Å²) in [5.74, 6) is -9.73. The molecule has 0 radical (unpaired) electrons. The highest BCUT2D eigenvalue weighted by molar-refractivity contribution is 7.92. The van der Waals surface area contributed by atoms with Crippen LogP contribution in [0.1, 0.15) is 53.1 Å². The van der Waals surface area contributed by atoms with E-state index in [1.807, 2.05) is 0 Å². The van der Waals surface area contributed by atoms with Crippen LogP contribution in [0.25, 0.3) is 22.3 Å². The van der Waals surface area contributed by atoms with Crippen molar-refractivity contribution in [2.24, 2.45) is 18.0 Å². The molecule has 0 saturated heterocycles. The van der Waals surface area contributed by atoms with Crippen LogP contribution >= 0.6 is 11.6 Å². The average molecular weight is 903 g/mol. The number of hydrogen-bond donors (Lipinski definition) is 3. The van der Waals surface area contributed by atoms with Gasteiger partial charge in [0.05, 0.1) is 52.0 Å². The van der Waals surface area contributed by atoms with E-state index in [9.17, 15) is 40.3 Å². The highest BCUT2D eigenvalue weighted by Gasteiger charge is 2.67. The number of aliphatic hydroxyl groups excluding tert-OH is 1. The first kappa shape index (κ1) is 41.2. The highest BCUT2D eigenvalue weighted by atomic mass is 35.5. The minimum Gasteiger partial charge on any atom is -0.369 e. The molecule has 4 atom stereocenters. The molecule has 1 fully saturated rings. The number of aromatic nitrogens is 6. The fraction of sp³-hybridized carbons (Fsp3) is 0.282. The smallest absolute Gasteiger partial charge is 0.293 e. The number of aliphatic imine (C=N–C) groups is 1. The second-order valence-electron chi connectivity index (χ2n) is 15.1. The number of carbonyl (C=O) groups excluding carboxylic acids is 1. The number of hydrogen-bond acceptors (Lipinski definition) is 10. The van der Waals surface area contributed by atoms with Gasteiger partial charge in [0, 0.05) is 42.1 Å². The number of benzene rings is 3. The zero-order valence-corrected chi connectivity index (χ0v) is 33.5. The number of fused-ring (bicyclic) bond motifs is 5. The molecule has 1 saturated carbocycles. The average Bonchev–Trinajstić information content (AvgIpc) is 3.73. The number of halogens is 8. The second kappa shape index (κ2) is 14.8. The Morgan fingerprint density at radius 1 is 1.02 bits per heavy atom. The predicted octanol–water partition coefficient (Wildman–Crippen LogP) is 6.78. The Kier molecular flexibility index (Phi) is 9.82. The molecule has 0 spiro atoms. The normalized spacial score (nSPS) is 19.3. The van der Waals surface area contributed by atoms with Gasteiger partial charge in [-0.05, 0) is 48.2 Å². The maximum absolute atomic E-state index is 15.5. The van der Waals surface area contributed by atoms with Gasteiger partial charge >= 0.3 is 0 Å². The number of nitrogens with one attached hydrogen (secondary N) is 2. The van der Waals surface area contributed by atoms with Crippen molar-refractivity contribution in [2.45, 2.75) is 49.9 Å². The number of amides is 1. The molecule has 62 heavy (non-hydrogen) atoms. The van der Waals surface area contributed by atoms with Crippen LogP contribution in [0.2, 0.25) is 5.02 Å². The zero-order valence-electron chi connectivity index (χ0n) is 32.0. The minimum atomic E-state index is -3.92.